The number of anilines is 1. The molecule has 4 rings (SSSR count). The molecule has 1 aromatic rings. The van der Waals surface area contributed by atoms with Gasteiger partial charge in [-0.3, -0.25) is 4.79 Å². The van der Waals surface area contributed by atoms with Gasteiger partial charge >= 0.3 is 5.97 Å². The summed E-state index contributed by atoms with van der Waals surface area (Å²) in [4.78, 5) is 28.6. The Hall–Kier alpha value is -2.04. The average Bonchev–Trinajstić information content (AvgIpc) is 3.52. The Morgan fingerprint density at radius 2 is 1.96 bits per heavy atom. The summed E-state index contributed by atoms with van der Waals surface area (Å²) < 4.78 is 10.7. The molecule has 1 unspecified atom stereocenters. The van der Waals surface area contributed by atoms with Gasteiger partial charge in [0.1, 0.15) is 5.75 Å². The molecule has 2 fully saturated rings. The number of carbonyl (C=O) groups excluding carboxylic acids is 2. The van der Waals surface area contributed by atoms with Gasteiger partial charge < -0.3 is 14.4 Å². The number of ketones is 1. The highest BCUT2D eigenvalue weighted by Gasteiger charge is 2.60. The Morgan fingerprint density at radius 3 is 2.56 bits per heavy atom. The predicted molar refractivity (Wildman–Crippen MR) is 94.1 cm³/mol. The SMILES string of the molecule is CCOC(=O)C1(CC2CC2)C(=O)c2cc(OC)ccc2N1CC1CC1. The van der Waals surface area contributed by atoms with Gasteiger partial charge in [0.05, 0.1) is 13.7 Å². The average molecular weight is 343 g/mol. The molecule has 0 radical (unpaired) electrons. The highest BCUT2D eigenvalue weighted by atomic mass is 16.5. The fourth-order valence-corrected chi connectivity index (χ4v) is 3.90. The van der Waals surface area contributed by atoms with E-state index < -0.39 is 5.54 Å². The van der Waals surface area contributed by atoms with Crippen LogP contribution in [0.4, 0.5) is 5.69 Å². The number of hydrogen-bond donors (Lipinski definition) is 0. The van der Waals surface area contributed by atoms with E-state index in [1.54, 1.807) is 20.1 Å². The zero-order valence-corrected chi connectivity index (χ0v) is 14.9. The quantitative estimate of drug-likeness (QED) is 0.562. The molecule has 1 atom stereocenters. The second-order valence-electron chi connectivity index (χ2n) is 7.49. The van der Waals surface area contributed by atoms with Crippen LogP contribution in [0.3, 0.4) is 0 Å². The largest absolute Gasteiger partial charge is 0.497 e. The number of benzene rings is 1. The molecule has 3 aliphatic rings. The topological polar surface area (TPSA) is 55.8 Å². The van der Waals surface area contributed by atoms with E-state index in [-0.39, 0.29) is 18.4 Å². The van der Waals surface area contributed by atoms with Gasteiger partial charge in [-0.05, 0) is 56.2 Å². The number of ether oxygens (including phenoxy) is 2. The van der Waals surface area contributed by atoms with Gasteiger partial charge in [0.2, 0.25) is 11.3 Å². The molecule has 1 aliphatic heterocycles. The Labute approximate surface area is 148 Å². The van der Waals surface area contributed by atoms with Crippen molar-refractivity contribution in [3.8, 4) is 5.75 Å². The number of methoxy groups -OCH3 is 1. The molecule has 1 heterocycles. The van der Waals surface area contributed by atoms with Gasteiger partial charge in [0.15, 0.2) is 0 Å². The lowest BCUT2D eigenvalue weighted by Gasteiger charge is -2.37. The molecule has 2 saturated carbocycles. The first-order chi connectivity index (χ1) is 12.1. The Bertz CT molecular complexity index is 708. The summed E-state index contributed by atoms with van der Waals surface area (Å²) in [5.41, 5.74) is 0.258. The molecule has 0 aromatic heterocycles. The molecule has 134 valence electrons. The van der Waals surface area contributed by atoms with E-state index in [2.05, 4.69) is 4.90 Å². The van der Waals surface area contributed by atoms with Gasteiger partial charge in [-0.15, -0.1) is 0 Å². The van der Waals surface area contributed by atoms with E-state index in [1.165, 1.54) is 12.8 Å². The number of carbonyl (C=O) groups is 2. The lowest BCUT2D eigenvalue weighted by Crippen LogP contribution is -2.58. The maximum Gasteiger partial charge on any atom is 0.340 e. The number of rotatable bonds is 7. The minimum absolute atomic E-state index is 0.118. The summed E-state index contributed by atoms with van der Waals surface area (Å²) in [7, 11) is 1.59. The van der Waals surface area contributed by atoms with E-state index in [4.69, 9.17) is 9.47 Å². The second kappa shape index (κ2) is 6.04. The zero-order valence-electron chi connectivity index (χ0n) is 14.9. The van der Waals surface area contributed by atoms with Crippen molar-refractivity contribution in [2.75, 3.05) is 25.2 Å². The first-order valence-corrected chi connectivity index (χ1v) is 9.28. The third kappa shape index (κ3) is 2.70. The Morgan fingerprint density at radius 1 is 1.24 bits per heavy atom. The summed E-state index contributed by atoms with van der Waals surface area (Å²) >= 11 is 0. The minimum Gasteiger partial charge on any atom is -0.497 e. The van der Waals surface area contributed by atoms with Crippen molar-refractivity contribution >= 4 is 17.4 Å². The molecule has 5 heteroatoms. The zero-order chi connectivity index (χ0) is 17.6. The monoisotopic (exact) mass is 343 g/mol. The van der Waals surface area contributed by atoms with Crippen molar-refractivity contribution in [3.63, 3.8) is 0 Å². The fourth-order valence-electron chi connectivity index (χ4n) is 3.90. The summed E-state index contributed by atoms with van der Waals surface area (Å²) in [6.45, 7) is 2.83. The lowest BCUT2D eigenvalue weighted by molar-refractivity contribution is -0.148. The first-order valence-electron chi connectivity index (χ1n) is 9.28. The molecule has 5 nitrogen and oxygen atoms in total. The second-order valence-corrected chi connectivity index (χ2v) is 7.49. The van der Waals surface area contributed by atoms with Gasteiger partial charge in [0.25, 0.3) is 0 Å². The van der Waals surface area contributed by atoms with Crippen LogP contribution in [-0.2, 0) is 9.53 Å². The van der Waals surface area contributed by atoms with E-state index in [0.717, 1.165) is 25.1 Å². The van der Waals surface area contributed by atoms with Gasteiger partial charge in [-0.2, -0.15) is 0 Å². The molecule has 25 heavy (non-hydrogen) atoms. The fraction of sp³-hybridized carbons (Fsp3) is 0.600. The van der Waals surface area contributed by atoms with E-state index in [0.29, 0.717) is 29.6 Å². The van der Waals surface area contributed by atoms with Gasteiger partial charge in [-0.25, -0.2) is 4.79 Å². The summed E-state index contributed by atoms with van der Waals surface area (Å²) in [5, 5.41) is 0. The first kappa shape index (κ1) is 16.4. The van der Waals surface area contributed by atoms with Crippen LogP contribution in [0.25, 0.3) is 0 Å². The van der Waals surface area contributed by atoms with Crippen molar-refractivity contribution < 1.29 is 19.1 Å². The Balaban J connectivity index is 1.81. The summed E-state index contributed by atoms with van der Waals surface area (Å²) in [6.07, 6.45) is 5.07. The van der Waals surface area contributed by atoms with Crippen molar-refractivity contribution in [2.45, 2.75) is 44.6 Å². The summed E-state index contributed by atoms with van der Waals surface area (Å²) in [6, 6.07) is 5.55. The smallest absolute Gasteiger partial charge is 0.340 e. The maximum atomic E-state index is 13.5. The lowest BCUT2D eigenvalue weighted by atomic mass is 9.86. The van der Waals surface area contributed by atoms with Gasteiger partial charge in [-0.1, -0.05) is 12.8 Å². The molecule has 0 N–H and O–H groups in total. The highest BCUT2D eigenvalue weighted by molar-refractivity contribution is 6.25. The van der Waals surface area contributed by atoms with Crippen molar-refractivity contribution in [1.29, 1.82) is 0 Å². The Kier molecular flexibility index (Phi) is 3.97. The number of Topliss-reactive ketones (excluding diaryl/α,β-unsaturated/α-hetero) is 1. The maximum absolute atomic E-state index is 13.5. The van der Waals surface area contributed by atoms with E-state index in [9.17, 15) is 9.59 Å². The van der Waals surface area contributed by atoms with Crippen LogP contribution in [-0.4, -0.2) is 37.6 Å². The van der Waals surface area contributed by atoms with Crippen LogP contribution in [0, 0.1) is 11.8 Å². The number of hydrogen-bond acceptors (Lipinski definition) is 5. The third-order valence-corrected chi connectivity index (χ3v) is 5.61. The molecule has 2 aliphatic carbocycles. The molecule has 1 aromatic carbocycles. The molecule has 0 saturated heterocycles. The molecule has 0 amide bonds. The van der Waals surface area contributed by atoms with Crippen LogP contribution >= 0.6 is 0 Å². The predicted octanol–water partition coefficient (Wildman–Crippen LogP) is 3.21. The standard InChI is InChI=1S/C20H25NO4/c1-3-25-19(23)20(11-13-4-5-13)18(22)16-10-15(24-2)8-9-17(16)21(20)12-14-6-7-14/h8-10,13-14H,3-7,11-12H2,1-2H3. The summed E-state index contributed by atoms with van der Waals surface area (Å²) in [5.74, 6) is 1.14. The third-order valence-electron chi connectivity index (χ3n) is 5.61. The van der Waals surface area contributed by atoms with Crippen molar-refractivity contribution in [3.05, 3.63) is 23.8 Å². The molecular weight excluding hydrogens is 318 g/mol. The van der Waals surface area contributed by atoms with Crippen molar-refractivity contribution in [1.82, 2.24) is 0 Å². The van der Waals surface area contributed by atoms with Crippen LogP contribution in [0.15, 0.2) is 18.2 Å². The van der Waals surface area contributed by atoms with Crippen LogP contribution in [0.5, 0.6) is 5.75 Å². The number of esters is 1. The molecular formula is C20H25NO4. The molecule has 0 bridgehead atoms. The number of nitrogens with zero attached hydrogens (tertiary/aromatic N) is 1. The van der Waals surface area contributed by atoms with Crippen LogP contribution < -0.4 is 9.64 Å². The van der Waals surface area contributed by atoms with Gasteiger partial charge in [0, 0.05) is 17.8 Å². The van der Waals surface area contributed by atoms with Crippen LogP contribution in [0.1, 0.15) is 49.4 Å². The molecule has 0 spiro atoms. The minimum atomic E-state index is -1.19. The normalized spacial score (nSPS) is 25.0. The van der Waals surface area contributed by atoms with Crippen LogP contribution in [0.2, 0.25) is 0 Å². The van der Waals surface area contributed by atoms with E-state index in [1.807, 2.05) is 12.1 Å². The van der Waals surface area contributed by atoms with Crippen molar-refractivity contribution in [2.24, 2.45) is 11.8 Å². The highest BCUT2D eigenvalue weighted by Crippen LogP contribution is 2.49. The number of fused-ring (bicyclic) bond motifs is 1. The van der Waals surface area contributed by atoms with E-state index >= 15 is 0 Å².